The summed E-state index contributed by atoms with van der Waals surface area (Å²) >= 11 is 0. The first-order valence-electron chi connectivity index (χ1n) is 8.35. The van der Waals surface area contributed by atoms with Gasteiger partial charge < -0.3 is 9.67 Å². The summed E-state index contributed by atoms with van der Waals surface area (Å²) in [4.78, 5) is 8.76. The van der Waals surface area contributed by atoms with E-state index in [9.17, 15) is 5.11 Å². The van der Waals surface area contributed by atoms with Crippen LogP contribution >= 0.6 is 0 Å². The van der Waals surface area contributed by atoms with Gasteiger partial charge in [0.2, 0.25) is 0 Å². The van der Waals surface area contributed by atoms with Gasteiger partial charge in [0.1, 0.15) is 11.9 Å². The summed E-state index contributed by atoms with van der Waals surface area (Å²) in [5, 5.41) is 11.0. The fourth-order valence-electron chi connectivity index (χ4n) is 3.24. The minimum Gasteiger partial charge on any atom is -0.380 e. The molecule has 0 aliphatic heterocycles. The number of pyridine rings is 1. The monoisotopic (exact) mass is 329 g/mol. The number of rotatable bonds is 4. The van der Waals surface area contributed by atoms with E-state index in [1.165, 1.54) is 5.56 Å². The lowest BCUT2D eigenvalue weighted by Crippen LogP contribution is -2.14. The standard InChI is InChI=1S/C21H19N3O/c1-15(16-7-3-2-4-8-16)24-19-10-6-5-9-18(19)23-21(24)20(25)17-11-13-22-14-12-17/h2-15,20,25H,1H3. The zero-order chi connectivity index (χ0) is 17.2. The van der Waals surface area contributed by atoms with Crippen LogP contribution in [0.4, 0.5) is 0 Å². The predicted molar refractivity (Wildman–Crippen MR) is 98.3 cm³/mol. The van der Waals surface area contributed by atoms with Crippen molar-refractivity contribution in [3.05, 3.63) is 96.1 Å². The first-order chi connectivity index (χ1) is 12.3. The molecule has 2 heterocycles. The van der Waals surface area contributed by atoms with Crippen LogP contribution in [0.25, 0.3) is 11.0 Å². The summed E-state index contributed by atoms with van der Waals surface area (Å²) < 4.78 is 2.12. The lowest BCUT2D eigenvalue weighted by atomic mass is 10.1. The Balaban J connectivity index is 1.90. The summed E-state index contributed by atoms with van der Waals surface area (Å²) in [5.74, 6) is 0.642. The zero-order valence-corrected chi connectivity index (χ0v) is 13.9. The lowest BCUT2D eigenvalue weighted by Gasteiger charge is -2.20. The summed E-state index contributed by atoms with van der Waals surface area (Å²) in [5.41, 5.74) is 3.86. The van der Waals surface area contributed by atoms with Crippen molar-refractivity contribution in [2.24, 2.45) is 0 Å². The molecular formula is C21H19N3O. The van der Waals surface area contributed by atoms with Crippen LogP contribution in [-0.4, -0.2) is 19.6 Å². The van der Waals surface area contributed by atoms with Gasteiger partial charge in [0, 0.05) is 12.4 Å². The third-order valence-corrected chi connectivity index (χ3v) is 4.56. The van der Waals surface area contributed by atoms with Gasteiger partial charge in [-0.05, 0) is 42.3 Å². The number of aliphatic hydroxyl groups excluding tert-OH is 1. The summed E-state index contributed by atoms with van der Waals surface area (Å²) in [6.45, 7) is 2.13. The van der Waals surface area contributed by atoms with E-state index in [-0.39, 0.29) is 6.04 Å². The summed E-state index contributed by atoms with van der Waals surface area (Å²) in [6.07, 6.45) is 2.57. The fourth-order valence-corrected chi connectivity index (χ4v) is 3.24. The number of hydrogen-bond acceptors (Lipinski definition) is 3. The van der Waals surface area contributed by atoms with Gasteiger partial charge >= 0.3 is 0 Å². The van der Waals surface area contributed by atoms with E-state index in [1.807, 2.05) is 54.6 Å². The van der Waals surface area contributed by atoms with Crippen LogP contribution in [0, 0.1) is 0 Å². The highest BCUT2D eigenvalue weighted by atomic mass is 16.3. The van der Waals surface area contributed by atoms with Crippen LogP contribution < -0.4 is 0 Å². The molecule has 0 aliphatic rings. The maximum absolute atomic E-state index is 11.0. The van der Waals surface area contributed by atoms with Gasteiger partial charge in [-0.3, -0.25) is 4.98 Å². The Kier molecular flexibility index (Phi) is 4.04. The van der Waals surface area contributed by atoms with Crippen LogP contribution in [0.15, 0.2) is 79.1 Å². The molecule has 0 bridgehead atoms. The molecule has 0 amide bonds. The Labute approximate surface area is 146 Å². The molecule has 2 unspecified atom stereocenters. The zero-order valence-electron chi connectivity index (χ0n) is 13.9. The van der Waals surface area contributed by atoms with Crippen molar-refractivity contribution in [1.82, 2.24) is 14.5 Å². The number of imidazole rings is 1. The molecule has 0 radical (unpaired) electrons. The van der Waals surface area contributed by atoms with Crippen molar-refractivity contribution in [3.63, 3.8) is 0 Å². The minimum absolute atomic E-state index is 0.0556. The van der Waals surface area contributed by atoms with E-state index in [0.29, 0.717) is 5.82 Å². The van der Waals surface area contributed by atoms with E-state index in [0.717, 1.165) is 16.6 Å². The van der Waals surface area contributed by atoms with Crippen LogP contribution in [0.3, 0.4) is 0 Å². The third kappa shape index (κ3) is 2.81. The SMILES string of the molecule is CC(c1ccccc1)n1c(C(O)c2ccncc2)nc2ccccc21. The van der Waals surface area contributed by atoms with Gasteiger partial charge in [0.05, 0.1) is 17.1 Å². The van der Waals surface area contributed by atoms with Gasteiger partial charge in [-0.15, -0.1) is 0 Å². The van der Waals surface area contributed by atoms with Gasteiger partial charge in [-0.25, -0.2) is 4.98 Å². The molecule has 4 nitrogen and oxygen atoms in total. The van der Waals surface area contributed by atoms with E-state index in [4.69, 9.17) is 4.98 Å². The van der Waals surface area contributed by atoms with Crippen molar-refractivity contribution in [3.8, 4) is 0 Å². The minimum atomic E-state index is -0.804. The number of aliphatic hydroxyl groups is 1. The molecule has 0 saturated heterocycles. The molecule has 2 aromatic heterocycles. The predicted octanol–water partition coefficient (Wildman–Crippen LogP) is 4.12. The average molecular weight is 329 g/mol. The van der Waals surface area contributed by atoms with Crippen LogP contribution in [-0.2, 0) is 0 Å². The molecule has 4 heteroatoms. The smallest absolute Gasteiger partial charge is 0.144 e. The topological polar surface area (TPSA) is 50.9 Å². The second kappa shape index (κ2) is 6.49. The van der Waals surface area contributed by atoms with Gasteiger partial charge in [-0.2, -0.15) is 0 Å². The third-order valence-electron chi connectivity index (χ3n) is 4.56. The highest BCUT2D eigenvalue weighted by Gasteiger charge is 2.23. The Hall–Kier alpha value is -2.98. The number of fused-ring (bicyclic) bond motifs is 1. The Morgan fingerprint density at radius 3 is 2.28 bits per heavy atom. The van der Waals surface area contributed by atoms with E-state index in [1.54, 1.807) is 12.4 Å². The lowest BCUT2D eigenvalue weighted by molar-refractivity contribution is 0.204. The molecule has 2 atom stereocenters. The van der Waals surface area contributed by atoms with Crippen molar-refractivity contribution < 1.29 is 5.11 Å². The highest BCUT2D eigenvalue weighted by Crippen LogP contribution is 2.31. The number of benzene rings is 2. The first-order valence-corrected chi connectivity index (χ1v) is 8.35. The highest BCUT2D eigenvalue weighted by molar-refractivity contribution is 5.76. The maximum atomic E-state index is 11.0. The molecule has 124 valence electrons. The largest absolute Gasteiger partial charge is 0.380 e. The van der Waals surface area contributed by atoms with E-state index < -0.39 is 6.10 Å². The molecule has 4 rings (SSSR count). The van der Waals surface area contributed by atoms with Gasteiger partial charge in [-0.1, -0.05) is 42.5 Å². The van der Waals surface area contributed by atoms with Crippen molar-refractivity contribution >= 4 is 11.0 Å². The second-order valence-corrected chi connectivity index (χ2v) is 6.10. The van der Waals surface area contributed by atoms with Crippen LogP contribution in [0.1, 0.15) is 36.0 Å². The molecule has 2 aromatic carbocycles. The molecular weight excluding hydrogens is 310 g/mol. The molecule has 0 saturated carbocycles. The summed E-state index contributed by atoms with van der Waals surface area (Å²) in [6, 6.07) is 22.0. The average Bonchev–Trinajstić information content (AvgIpc) is 3.07. The molecule has 0 aliphatic carbocycles. The first kappa shape index (κ1) is 15.5. The summed E-state index contributed by atoms with van der Waals surface area (Å²) in [7, 11) is 0. The Morgan fingerprint density at radius 1 is 0.840 bits per heavy atom. The molecule has 25 heavy (non-hydrogen) atoms. The van der Waals surface area contributed by atoms with Crippen molar-refractivity contribution in [2.45, 2.75) is 19.1 Å². The van der Waals surface area contributed by atoms with Crippen LogP contribution in [0.2, 0.25) is 0 Å². The Bertz CT molecular complexity index is 980. The molecule has 4 aromatic rings. The van der Waals surface area contributed by atoms with E-state index in [2.05, 4.69) is 28.6 Å². The molecule has 0 spiro atoms. The normalized spacial score (nSPS) is 13.7. The number of aromatic nitrogens is 3. The van der Waals surface area contributed by atoms with Crippen molar-refractivity contribution in [2.75, 3.05) is 0 Å². The number of para-hydroxylation sites is 2. The van der Waals surface area contributed by atoms with Gasteiger partial charge in [0.15, 0.2) is 0 Å². The molecule has 1 N–H and O–H groups in total. The fraction of sp³-hybridized carbons (Fsp3) is 0.143. The van der Waals surface area contributed by atoms with Crippen LogP contribution in [0.5, 0.6) is 0 Å². The number of nitrogens with zero attached hydrogens (tertiary/aromatic N) is 3. The quantitative estimate of drug-likeness (QED) is 0.613. The van der Waals surface area contributed by atoms with Gasteiger partial charge in [0.25, 0.3) is 0 Å². The van der Waals surface area contributed by atoms with E-state index >= 15 is 0 Å². The number of hydrogen-bond donors (Lipinski definition) is 1. The molecule has 0 fully saturated rings. The maximum Gasteiger partial charge on any atom is 0.144 e. The Morgan fingerprint density at radius 2 is 1.52 bits per heavy atom. The second-order valence-electron chi connectivity index (χ2n) is 6.10. The van der Waals surface area contributed by atoms with Crippen molar-refractivity contribution in [1.29, 1.82) is 0 Å².